The van der Waals surface area contributed by atoms with E-state index in [4.69, 9.17) is 0 Å². The van der Waals surface area contributed by atoms with Crippen molar-refractivity contribution in [3.05, 3.63) is 60.6 Å². The van der Waals surface area contributed by atoms with Gasteiger partial charge in [-0.05, 0) is 24.3 Å². The molecule has 0 aliphatic carbocycles. The van der Waals surface area contributed by atoms with Crippen molar-refractivity contribution in [3.8, 4) is 0 Å². The highest BCUT2D eigenvalue weighted by molar-refractivity contribution is 5.78. The first-order valence-corrected chi connectivity index (χ1v) is 6.23. The maximum atomic E-state index is 4.52. The van der Waals surface area contributed by atoms with Gasteiger partial charge >= 0.3 is 0 Å². The molecule has 1 aromatic carbocycles. The van der Waals surface area contributed by atoms with Gasteiger partial charge in [-0.15, -0.1) is 0 Å². The number of nitrogens with zero attached hydrogens (tertiary/aromatic N) is 5. The fourth-order valence-corrected chi connectivity index (χ4v) is 1.76. The largest absolute Gasteiger partial charge is 0.255 e. The number of hydrogen-bond donors (Lipinski definition) is 0. The Morgan fingerprint density at radius 2 is 1.80 bits per heavy atom. The quantitative estimate of drug-likeness (QED) is 0.538. The fraction of sp³-hybridized carbons (Fsp3) is 0.0667. The zero-order valence-electron chi connectivity index (χ0n) is 11.0. The molecule has 5 heteroatoms. The van der Waals surface area contributed by atoms with Crippen LogP contribution in [0.3, 0.4) is 0 Å². The lowest BCUT2D eigenvalue weighted by Crippen LogP contribution is -2.11. The molecule has 2 aromatic heterocycles. The summed E-state index contributed by atoms with van der Waals surface area (Å²) in [5.41, 5.74) is 2.52. The first-order chi connectivity index (χ1) is 9.83. The number of anilines is 1. The number of benzene rings is 1. The Balaban J connectivity index is 1.85. The molecule has 0 atom stereocenters. The fourth-order valence-electron chi connectivity index (χ4n) is 1.76. The molecule has 0 radical (unpaired) electrons. The van der Waals surface area contributed by atoms with Crippen molar-refractivity contribution >= 4 is 23.1 Å². The Bertz CT molecular complexity index is 739. The SMILES string of the molecule is CN(/N=C\c1ccccn1)c1cnc2ccccc2n1. The summed E-state index contributed by atoms with van der Waals surface area (Å²) < 4.78 is 0. The molecule has 3 aromatic rings. The lowest BCUT2D eigenvalue weighted by Gasteiger charge is -2.11. The molecule has 0 aliphatic heterocycles. The van der Waals surface area contributed by atoms with Gasteiger partial charge in [0.1, 0.15) is 0 Å². The monoisotopic (exact) mass is 263 g/mol. The molecule has 0 spiro atoms. The molecule has 0 saturated heterocycles. The van der Waals surface area contributed by atoms with Gasteiger partial charge in [-0.1, -0.05) is 18.2 Å². The van der Waals surface area contributed by atoms with Crippen LogP contribution in [-0.4, -0.2) is 28.2 Å². The van der Waals surface area contributed by atoms with Crippen LogP contribution >= 0.6 is 0 Å². The van der Waals surface area contributed by atoms with Gasteiger partial charge in [0.05, 0.1) is 29.1 Å². The van der Waals surface area contributed by atoms with Crippen molar-refractivity contribution in [2.75, 3.05) is 12.1 Å². The molecule has 5 nitrogen and oxygen atoms in total. The predicted molar refractivity (Wildman–Crippen MR) is 79.8 cm³/mol. The predicted octanol–water partition coefficient (Wildman–Crippen LogP) is 2.50. The van der Waals surface area contributed by atoms with E-state index in [1.807, 2.05) is 49.5 Å². The Morgan fingerprint density at radius 3 is 2.60 bits per heavy atom. The lowest BCUT2D eigenvalue weighted by atomic mass is 10.3. The summed E-state index contributed by atoms with van der Waals surface area (Å²) >= 11 is 0. The molecule has 0 saturated carbocycles. The van der Waals surface area contributed by atoms with Crippen molar-refractivity contribution in [1.29, 1.82) is 0 Å². The third-order valence-electron chi connectivity index (χ3n) is 2.82. The van der Waals surface area contributed by atoms with Gasteiger partial charge in [0.15, 0.2) is 5.82 Å². The highest BCUT2D eigenvalue weighted by Crippen LogP contribution is 2.14. The van der Waals surface area contributed by atoms with Crippen LogP contribution in [0.15, 0.2) is 60.0 Å². The zero-order valence-corrected chi connectivity index (χ0v) is 11.0. The molecule has 98 valence electrons. The van der Waals surface area contributed by atoms with Crippen molar-refractivity contribution in [2.24, 2.45) is 5.10 Å². The Kier molecular flexibility index (Phi) is 3.33. The standard InChI is InChI=1S/C15H13N5/c1-20(18-10-12-6-4-5-9-16-12)15-11-17-13-7-2-3-8-14(13)19-15/h2-11H,1H3/b18-10-. The molecule has 2 heterocycles. The number of para-hydroxylation sites is 2. The summed E-state index contributed by atoms with van der Waals surface area (Å²) in [6.45, 7) is 0. The van der Waals surface area contributed by atoms with Gasteiger partial charge in [0.25, 0.3) is 0 Å². The highest BCUT2D eigenvalue weighted by Gasteiger charge is 2.02. The van der Waals surface area contributed by atoms with E-state index in [1.165, 1.54) is 0 Å². The average molecular weight is 263 g/mol. The van der Waals surface area contributed by atoms with Gasteiger partial charge in [-0.25, -0.2) is 9.99 Å². The van der Waals surface area contributed by atoms with Gasteiger partial charge in [-0.2, -0.15) is 5.10 Å². The Morgan fingerprint density at radius 1 is 1.00 bits per heavy atom. The summed E-state index contributed by atoms with van der Waals surface area (Å²) in [6.07, 6.45) is 5.13. The molecule has 20 heavy (non-hydrogen) atoms. The molecule has 3 rings (SSSR count). The smallest absolute Gasteiger partial charge is 0.167 e. The summed E-state index contributed by atoms with van der Waals surface area (Å²) in [5, 5.41) is 5.99. The minimum absolute atomic E-state index is 0.691. The summed E-state index contributed by atoms with van der Waals surface area (Å²) in [5.74, 6) is 0.691. The number of aromatic nitrogens is 3. The van der Waals surface area contributed by atoms with Crippen molar-refractivity contribution in [3.63, 3.8) is 0 Å². The average Bonchev–Trinajstić information content (AvgIpc) is 2.53. The van der Waals surface area contributed by atoms with Crippen molar-refractivity contribution in [2.45, 2.75) is 0 Å². The second kappa shape index (κ2) is 5.44. The number of rotatable bonds is 3. The van der Waals surface area contributed by atoms with E-state index in [2.05, 4.69) is 20.1 Å². The molecule has 0 fully saturated rings. The summed E-state index contributed by atoms with van der Waals surface area (Å²) in [7, 11) is 1.83. The van der Waals surface area contributed by atoms with Gasteiger partial charge in [0, 0.05) is 13.2 Å². The normalized spacial score (nSPS) is 11.1. The molecule has 0 N–H and O–H groups in total. The van der Waals surface area contributed by atoms with E-state index in [0.29, 0.717) is 5.82 Å². The van der Waals surface area contributed by atoms with Gasteiger partial charge in [-0.3, -0.25) is 9.97 Å². The molecule has 0 aliphatic rings. The van der Waals surface area contributed by atoms with E-state index in [9.17, 15) is 0 Å². The minimum Gasteiger partial charge on any atom is -0.255 e. The van der Waals surface area contributed by atoms with E-state index in [-0.39, 0.29) is 0 Å². The first-order valence-electron chi connectivity index (χ1n) is 6.23. The van der Waals surface area contributed by atoms with Crippen molar-refractivity contribution in [1.82, 2.24) is 15.0 Å². The van der Waals surface area contributed by atoms with Crippen LogP contribution in [0.4, 0.5) is 5.82 Å². The molecular formula is C15H13N5. The van der Waals surface area contributed by atoms with Crippen LogP contribution in [0.5, 0.6) is 0 Å². The van der Waals surface area contributed by atoms with E-state index in [0.717, 1.165) is 16.7 Å². The van der Waals surface area contributed by atoms with Crippen LogP contribution in [0.1, 0.15) is 5.69 Å². The highest BCUT2D eigenvalue weighted by atomic mass is 15.5. The Hall–Kier alpha value is -2.82. The van der Waals surface area contributed by atoms with Crippen LogP contribution < -0.4 is 5.01 Å². The first kappa shape index (κ1) is 12.2. The topological polar surface area (TPSA) is 54.3 Å². The zero-order chi connectivity index (χ0) is 13.8. The number of pyridine rings is 1. The van der Waals surface area contributed by atoms with E-state index in [1.54, 1.807) is 23.6 Å². The van der Waals surface area contributed by atoms with Gasteiger partial charge in [0.2, 0.25) is 0 Å². The number of hydrazone groups is 1. The van der Waals surface area contributed by atoms with Crippen LogP contribution in [-0.2, 0) is 0 Å². The minimum atomic E-state index is 0.691. The number of hydrogen-bond acceptors (Lipinski definition) is 5. The van der Waals surface area contributed by atoms with Crippen LogP contribution in [0, 0.1) is 0 Å². The maximum Gasteiger partial charge on any atom is 0.167 e. The van der Waals surface area contributed by atoms with Gasteiger partial charge < -0.3 is 0 Å². The van der Waals surface area contributed by atoms with E-state index >= 15 is 0 Å². The maximum absolute atomic E-state index is 4.52. The summed E-state index contributed by atoms with van der Waals surface area (Å²) in [4.78, 5) is 13.1. The molecule has 0 amide bonds. The van der Waals surface area contributed by atoms with E-state index < -0.39 is 0 Å². The Labute approximate surface area is 116 Å². The second-order valence-electron chi connectivity index (χ2n) is 4.24. The van der Waals surface area contributed by atoms with Crippen LogP contribution in [0.25, 0.3) is 11.0 Å². The third-order valence-corrected chi connectivity index (χ3v) is 2.82. The van der Waals surface area contributed by atoms with Crippen LogP contribution in [0.2, 0.25) is 0 Å². The third kappa shape index (κ3) is 2.61. The molecule has 0 bridgehead atoms. The summed E-state index contributed by atoms with van der Waals surface area (Å²) in [6, 6.07) is 13.4. The molecule has 0 unspecified atom stereocenters. The lowest BCUT2D eigenvalue weighted by molar-refractivity contribution is 0.980. The molecular weight excluding hydrogens is 250 g/mol. The second-order valence-corrected chi connectivity index (χ2v) is 4.24. The van der Waals surface area contributed by atoms with Crippen molar-refractivity contribution < 1.29 is 0 Å². The number of fused-ring (bicyclic) bond motifs is 1.